The number of urea groups is 1. The summed E-state index contributed by atoms with van der Waals surface area (Å²) in [6.07, 6.45) is 2.77. The van der Waals surface area contributed by atoms with Crippen LogP contribution in [0, 0.1) is 5.41 Å². The van der Waals surface area contributed by atoms with Crippen molar-refractivity contribution in [2.24, 2.45) is 5.41 Å². The molecule has 0 spiro atoms. The first-order valence-corrected chi connectivity index (χ1v) is 9.13. The smallest absolute Gasteiger partial charge is 0.321 e. The number of carbonyl (C=O) groups excluding carboxylic acids is 4. The van der Waals surface area contributed by atoms with E-state index in [1.54, 1.807) is 0 Å². The Morgan fingerprint density at radius 1 is 1.04 bits per heavy atom. The van der Waals surface area contributed by atoms with Crippen molar-refractivity contribution in [2.75, 3.05) is 26.9 Å². The number of hydrogen-bond donors (Lipinski definition) is 3. The summed E-state index contributed by atoms with van der Waals surface area (Å²) in [5.41, 5.74) is -1.30. The van der Waals surface area contributed by atoms with E-state index in [0.717, 1.165) is 12.8 Å². The maximum atomic E-state index is 12.6. The molecule has 4 amide bonds. The fraction of sp³-hybridized carbons (Fsp3) is 0.778. The summed E-state index contributed by atoms with van der Waals surface area (Å²) >= 11 is 0. The molecule has 0 atom stereocenters. The molecule has 0 unspecified atom stereocenters. The van der Waals surface area contributed by atoms with E-state index < -0.39 is 35.5 Å². The van der Waals surface area contributed by atoms with Gasteiger partial charge in [0.05, 0.1) is 12.0 Å². The first kappa shape index (κ1) is 22.9. The van der Waals surface area contributed by atoms with Crippen LogP contribution in [0.15, 0.2) is 0 Å². The summed E-state index contributed by atoms with van der Waals surface area (Å²) < 4.78 is 9.89. The van der Waals surface area contributed by atoms with Gasteiger partial charge in [-0.3, -0.25) is 19.7 Å². The van der Waals surface area contributed by atoms with Gasteiger partial charge in [0.1, 0.15) is 0 Å². The number of hydrogen-bond acceptors (Lipinski definition) is 6. The van der Waals surface area contributed by atoms with Crippen molar-refractivity contribution < 1.29 is 28.7 Å². The minimum Gasteiger partial charge on any atom is -0.455 e. The quantitative estimate of drug-likeness (QED) is 0.421. The molecule has 1 fully saturated rings. The SMILES string of the molecule is COCCNC(=O)NC(=O)COC(=O)C1(CC(=O)NC(C)(C)C)CCCC1. The van der Waals surface area contributed by atoms with Crippen LogP contribution >= 0.6 is 0 Å². The number of nitrogens with one attached hydrogen (secondary N) is 3. The van der Waals surface area contributed by atoms with Gasteiger partial charge in [-0.05, 0) is 33.6 Å². The van der Waals surface area contributed by atoms with Crippen LogP contribution in [0.25, 0.3) is 0 Å². The molecule has 0 aromatic heterocycles. The molecule has 154 valence electrons. The fourth-order valence-corrected chi connectivity index (χ4v) is 3.03. The van der Waals surface area contributed by atoms with Crippen molar-refractivity contribution in [3.8, 4) is 0 Å². The van der Waals surface area contributed by atoms with Crippen molar-refractivity contribution in [3.63, 3.8) is 0 Å². The lowest BCUT2D eigenvalue weighted by atomic mass is 9.82. The molecule has 9 heteroatoms. The summed E-state index contributed by atoms with van der Waals surface area (Å²) in [5.74, 6) is -1.52. The Labute approximate surface area is 159 Å². The van der Waals surface area contributed by atoms with Gasteiger partial charge in [-0.1, -0.05) is 12.8 Å². The van der Waals surface area contributed by atoms with E-state index >= 15 is 0 Å². The second-order valence-corrected chi connectivity index (χ2v) is 7.84. The van der Waals surface area contributed by atoms with E-state index in [1.165, 1.54) is 7.11 Å². The van der Waals surface area contributed by atoms with E-state index in [-0.39, 0.29) is 18.9 Å². The van der Waals surface area contributed by atoms with Gasteiger partial charge < -0.3 is 20.1 Å². The minimum absolute atomic E-state index is 0.0300. The van der Waals surface area contributed by atoms with Gasteiger partial charge in [0.15, 0.2) is 6.61 Å². The summed E-state index contributed by atoms with van der Waals surface area (Å²) in [6, 6.07) is -0.687. The molecule has 0 radical (unpaired) electrons. The Bertz CT molecular complexity index is 550. The molecule has 1 saturated carbocycles. The Morgan fingerprint density at radius 3 is 2.22 bits per heavy atom. The van der Waals surface area contributed by atoms with Crippen molar-refractivity contribution >= 4 is 23.8 Å². The van der Waals surface area contributed by atoms with Gasteiger partial charge in [-0.15, -0.1) is 0 Å². The zero-order chi connectivity index (χ0) is 20.5. The number of methoxy groups -OCH3 is 1. The molecule has 1 aliphatic rings. The predicted molar refractivity (Wildman–Crippen MR) is 97.8 cm³/mol. The number of carbonyl (C=O) groups is 4. The molecule has 9 nitrogen and oxygen atoms in total. The largest absolute Gasteiger partial charge is 0.455 e. The number of amides is 4. The molecule has 1 rings (SSSR count). The minimum atomic E-state index is -0.906. The normalized spacial score (nSPS) is 15.7. The number of ether oxygens (including phenoxy) is 2. The van der Waals surface area contributed by atoms with Gasteiger partial charge in [-0.2, -0.15) is 0 Å². The van der Waals surface area contributed by atoms with Gasteiger partial charge >= 0.3 is 12.0 Å². The highest BCUT2D eigenvalue weighted by Crippen LogP contribution is 2.42. The Hall–Kier alpha value is -2.16. The molecule has 0 bridgehead atoms. The summed E-state index contributed by atoms with van der Waals surface area (Å²) in [5, 5.41) is 7.34. The van der Waals surface area contributed by atoms with Crippen LogP contribution in [-0.4, -0.2) is 56.2 Å². The third-order valence-corrected chi connectivity index (χ3v) is 4.19. The van der Waals surface area contributed by atoms with Crippen LogP contribution < -0.4 is 16.0 Å². The molecule has 0 aliphatic heterocycles. The summed E-state index contributed by atoms with van der Waals surface area (Å²) in [7, 11) is 1.49. The van der Waals surface area contributed by atoms with Crippen molar-refractivity contribution in [1.29, 1.82) is 0 Å². The highest BCUT2D eigenvalue weighted by molar-refractivity contribution is 5.96. The van der Waals surface area contributed by atoms with E-state index in [2.05, 4.69) is 16.0 Å². The molecular formula is C18H31N3O6. The zero-order valence-electron chi connectivity index (χ0n) is 16.6. The van der Waals surface area contributed by atoms with Crippen LogP contribution in [-0.2, 0) is 23.9 Å². The second kappa shape index (κ2) is 10.2. The van der Waals surface area contributed by atoms with Gasteiger partial charge in [0.25, 0.3) is 5.91 Å². The van der Waals surface area contributed by atoms with Gasteiger partial charge in [0.2, 0.25) is 5.91 Å². The molecule has 0 aromatic rings. The first-order chi connectivity index (χ1) is 12.6. The molecule has 0 heterocycles. The first-order valence-electron chi connectivity index (χ1n) is 9.13. The number of esters is 1. The summed E-state index contributed by atoms with van der Waals surface area (Å²) in [4.78, 5) is 48.1. The predicted octanol–water partition coefficient (Wildman–Crippen LogP) is 0.867. The van der Waals surface area contributed by atoms with Gasteiger partial charge in [0, 0.05) is 25.6 Å². The topological polar surface area (TPSA) is 123 Å². The van der Waals surface area contributed by atoms with E-state index in [4.69, 9.17) is 9.47 Å². The highest BCUT2D eigenvalue weighted by atomic mass is 16.5. The monoisotopic (exact) mass is 385 g/mol. The molecule has 1 aliphatic carbocycles. The third kappa shape index (κ3) is 8.38. The van der Waals surface area contributed by atoms with Crippen molar-refractivity contribution in [3.05, 3.63) is 0 Å². The average Bonchev–Trinajstić information content (AvgIpc) is 3.00. The summed E-state index contributed by atoms with van der Waals surface area (Å²) in [6.45, 7) is 5.60. The van der Waals surface area contributed by atoms with Crippen LogP contribution in [0.3, 0.4) is 0 Å². The molecule has 0 saturated heterocycles. The maximum absolute atomic E-state index is 12.6. The van der Waals surface area contributed by atoms with Crippen LogP contribution in [0.5, 0.6) is 0 Å². The Balaban J connectivity index is 2.52. The van der Waals surface area contributed by atoms with Crippen molar-refractivity contribution in [1.82, 2.24) is 16.0 Å². The van der Waals surface area contributed by atoms with Crippen LogP contribution in [0.1, 0.15) is 52.9 Å². The lowest BCUT2D eigenvalue weighted by Crippen LogP contribution is -2.45. The second-order valence-electron chi connectivity index (χ2n) is 7.84. The number of imide groups is 1. The Kier molecular flexibility index (Phi) is 8.68. The molecule has 0 aromatic carbocycles. The fourth-order valence-electron chi connectivity index (χ4n) is 3.03. The molecule has 3 N–H and O–H groups in total. The zero-order valence-corrected chi connectivity index (χ0v) is 16.6. The van der Waals surface area contributed by atoms with E-state index in [1.807, 2.05) is 20.8 Å². The van der Waals surface area contributed by atoms with Gasteiger partial charge in [-0.25, -0.2) is 4.79 Å². The lowest BCUT2D eigenvalue weighted by Gasteiger charge is -2.28. The maximum Gasteiger partial charge on any atom is 0.321 e. The van der Waals surface area contributed by atoms with Crippen LogP contribution in [0.2, 0.25) is 0 Å². The highest BCUT2D eigenvalue weighted by Gasteiger charge is 2.44. The molecule has 27 heavy (non-hydrogen) atoms. The number of rotatable bonds is 8. The molecular weight excluding hydrogens is 354 g/mol. The third-order valence-electron chi connectivity index (χ3n) is 4.19. The van der Waals surface area contributed by atoms with Crippen LogP contribution in [0.4, 0.5) is 4.79 Å². The Morgan fingerprint density at radius 2 is 1.67 bits per heavy atom. The standard InChI is InChI=1S/C18H31N3O6/c1-17(2,3)21-13(22)11-18(7-5-6-8-18)15(24)27-12-14(23)20-16(25)19-9-10-26-4/h5-12H2,1-4H3,(H,21,22)(H2,19,20,23,25). The van der Waals surface area contributed by atoms with E-state index in [0.29, 0.717) is 19.4 Å². The average molecular weight is 385 g/mol. The van der Waals surface area contributed by atoms with E-state index in [9.17, 15) is 19.2 Å². The van der Waals surface area contributed by atoms with Crippen molar-refractivity contribution in [2.45, 2.75) is 58.4 Å². The lowest BCUT2D eigenvalue weighted by molar-refractivity contribution is -0.160.